The summed E-state index contributed by atoms with van der Waals surface area (Å²) >= 11 is 0. The van der Waals surface area contributed by atoms with Crippen LogP contribution in [0.15, 0.2) is 60.7 Å². The summed E-state index contributed by atoms with van der Waals surface area (Å²) in [4.78, 5) is 69.6. The quantitative estimate of drug-likeness (QED) is 0.124. The number of nitrogens with two attached hydrogens (primary N) is 2. The van der Waals surface area contributed by atoms with Crippen LogP contribution in [0, 0.1) is 5.92 Å². The maximum atomic E-state index is 13.9. The molecule has 2 aromatic rings. The Morgan fingerprint density at radius 2 is 1.28 bits per heavy atom. The number of amides is 5. The number of piperidine rings is 1. The van der Waals surface area contributed by atoms with Crippen molar-refractivity contribution in [2.24, 2.45) is 17.4 Å². The third-order valence-corrected chi connectivity index (χ3v) is 9.70. The molecule has 0 aromatic heterocycles. The second-order valence-corrected chi connectivity index (χ2v) is 14.2. The first kappa shape index (κ1) is 47.1. The number of carboxylic acid groups (broad SMARTS) is 1. The molecule has 53 heavy (non-hydrogen) atoms. The molecule has 2 aromatic carbocycles. The van der Waals surface area contributed by atoms with Crippen LogP contribution in [0.4, 0.5) is 4.79 Å². The molecule has 1 aliphatic rings. The van der Waals surface area contributed by atoms with Crippen LogP contribution < -0.4 is 27.4 Å². The molecule has 0 unspecified atom stereocenters. The second kappa shape index (κ2) is 23.0. The Morgan fingerprint density at radius 3 is 1.79 bits per heavy atom. The zero-order valence-electron chi connectivity index (χ0n) is 31.3. The number of hydrogen-bond acceptors (Lipinski definition) is 7. The number of carbonyl (C=O) groups is 5. The van der Waals surface area contributed by atoms with Gasteiger partial charge in [0.25, 0.3) is 0 Å². The average Bonchev–Trinajstić information content (AvgIpc) is 3.10. The summed E-state index contributed by atoms with van der Waals surface area (Å²) in [6.45, 7) is 6.86. The van der Waals surface area contributed by atoms with Crippen LogP contribution in [0.25, 0.3) is 0 Å². The highest BCUT2D eigenvalue weighted by molar-refractivity contribution is 5.95. The molecular formula is C38H59Cl2N7O6. The van der Waals surface area contributed by atoms with Gasteiger partial charge in [0.1, 0.15) is 18.1 Å². The summed E-state index contributed by atoms with van der Waals surface area (Å²) in [5.41, 5.74) is 13.1. The molecule has 15 heteroatoms. The first-order chi connectivity index (χ1) is 24.2. The predicted octanol–water partition coefficient (Wildman–Crippen LogP) is 3.26. The van der Waals surface area contributed by atoms with Crippen molar-refractivity contribution in [1.29, 1.82) is 0 Å². The van der Waals surface area contributed by atoms with Gasteiger partial charge in [-0.25, -0.2) is 4.79 Å². The zero-order valence-corrected chi connectivity index (χ0v) is 32.9. The van der Waals surface area contributed by atoms with Gasteiger partial charge in [-0.3, -0.25) is 19.2 Å². The fourth-order valence-electron chi connectivity index (χ4n) is 6.29. The number of benzene rings is 2. The van der Waals surface area contributed by atoms with Gasteiger partial charge in [0.2, 0.25) is 23.6 Å². The molecule has 296 valence electrons. The molecule has 0 radical (unpaired) electrons. The number of carbonyl (C=O) groups excluding carboxylic acids is 4. The maximum Gasteiger partial charge on any atom is 0.407 e. The SMILES string of the molecule is CC(C)C[C@@H](NC(=O)[C@@H](Cc1ccccc1)NC(=O)[C@H](N)Cc1ccccc1)C(=O)N[C@H](CCCCN)C(=O)N1CCC(C)(N(C)C(=O)O)CC1.Cl.Cl. The van der Waals surface area contributed by atoms with Crippen molar-refractivity contribution < 1.29 is 29.1 Å². The Hall–Kier alpha value is -3.91. The van der Waals surface area contributed by atoms with E-state index in [1.54, 1.807) is 4.90 Å². The first-order valence-electron chi connectivity index (χ1n) is 17.9. The van der Waals surface area contributed by atoms with Gasteiger partial charge in [-0.15, -0.1) is 24.8 Å². The van der Waals surface area contributed by atoms with Crippen LogP contribution in [-0.4, -0.2) is 101 Å². The lowest BCUT2D eigenvalue weighted by atomic mass is 9.88. The van der Waals surface area contributed by atoms with Crippen molar-refractivity contribution in [2.75, 3.05) is 26.7 Å². The first-order valence-corrected chi connectivity index (χ1v) is 17.9. The number of hydrogen-bond donors (Lipinski definition) is 6. The number of likely N-dealkylation sites (tertiary alicyclic amines) is 1. The molecule has 8 N–H and O–H groups in total. The van der Waals surface area contributed by atoms with Crippen molar-refractivity contribution in [3.05, 3.63) is 71.8 Å². The minimum atomic E-state index is -1.02. The summed E-state index contributed by atoms with van der Waals surface area (Å²) < 4.78 is 0. The minimum absolute atomic E-state index is 0. The van der Waals surface area contributed by atoms with E-state index in [4.69, 9.17) is 11.5 Å². The molecule has 1 fully saturated rings. The highest BCUT2D eigenvalue weighted by Gasteiger charge is 2.39. The normalized spacial score (nSPS) is 15.7. The largest absolute Gasteiger partial charge is 0.465 e. The molecular weight excluding hydrogens is 721 g/mol. The monoisotopic (exact) mass is 779 g/mol. The summed E-state index contributed by atoms with van der Waals surface area (Å²) in [5, 5.41) is 18.1. The lowest BCUT2D eigenvalue weighted by Gasteiger charge is -2.44. The minimum Gasteiger partial charge on any atom is -0.465 e. The highest BCUT2D eigenvalue weighted by Crippen LogP contribution is 2.28. The van der Waals surface area contributed by atoms with Gasteiger partial charge in [-0.1, -0.05) is 74.5 Å². The van der Waals surface area contributed by atoms with Crippen LogP contribution in [0.5, 0.6) is 0 Å². The van der Waals surface area contributed by atoms with Crippen molar-refractivity contribution in [3.63, 3.8) is 0 Å². The Balaban J connectivity index is 0.00000702. The topological polar surface area (TPSA) is 200 Å². The third kappa shape index (κ3) is 14.8. The molecule has 13 nitrogen and oxygen atoms in total. The van der Waals surface area contributed by atoms with E-state index in [1.807, 2.05) is 81.4 Å². The molecule has 1 aliphatic heterocycles. The van der Waals surface area contributed by atoms with E-state index >= 15 is 0 Å². The lowest BCUT2D eigenvalue weighted by molar-refractivity contribution is -0.139. The molecule has 4 atom stereocenters. The van der Waals surface area contributed by atoms with Crippen LogP contribution in [0.2, 0.25) is 0 Å². The number of halogens is 2. The third-order valence-electron chi connectivity index (χ3n) is 9.70. The van der Waals surface area contributed by atoms with E-state index in [0.717, 1.165) is 11.1 Å². The fraction of sp³-hybridized carbons (Fsp3) is 0.553. The van der Waals surface area contributed by atoms with Gasteiger partial charge in [0.05, 0.1) is 6.04 Å². The molecule has 0 aliphatic carbocycles. The van der Waals surface area contributed by atoms with Crippen LogP contribution in [0.1, 0.15) is 70.4 Å². The molecule has 0 saturated carbocycles. The molecule has 0 bridgehead atoms. The van der Waals surface area contributed by atoms with Gasteiger partial charge in [0.15, 0.2) is 0 Å². The van der Waals surface area contributed by atoms with E-state index in [9.17, 15) is 29.1 Å². The highest BCUT2D eigenvalue weighted by atomic mass is 35.5. The van der Waals surface area contributed by atoms with Gasteiger partial charge in [-0.05, 0) is 75.5 Å². The standard InChI is InChI=1S/C38H57N7O6.2ClH/c1-26(2)23-31(34(47)41-30(17-11-12-20-39)36(49)45-21-18-38(3,19-22-45)44(4)37(50)51)43-35(48)32(25-28-15-9-6-10-16-28)42-33(46)29(40)24-27-13-7-5-8-14-27;;/h5-10,13-16,26,29-32H,11-12,17-25,39-40H2,1-4H3,(H,41,47)(H,42,46)(H,43,48)(H,50,51);2*1H/t29-,30-,31-,32-;;/m1../s1. The molecule has 0 spiro atoms. The van der Waals surface area contributed by atoms with Crippen LogP contribution in [-0.2, 0) is 32.0 Å². The van der Waals surface area contributed by atoms with Gasteiger partial charge < -0.3 is 42.3 Å². The summed E-state index contributed by atoms with van der Waals surface area (Å²) in [7, 11) is 1.54. The fourth-order valence-corrected chi connectivity index (χ4v) is 6.29. The Bertz CT molecular complexity index is 1450. The zero-order chi connectivity index (χ0) is 37.6. The smallest absolute Gasteiger partial charge is 0.407 e. The van der Waals surface area contributed by atoms with Crippen LogP contribution in [0.3, 0.4) is 0 Å². The lowest BCUT2D eigenvalue weighted by Crippen LogP contribution is -2.60. The van der Waals surface area contributed by atoms with Gasteiger partial charge >= 0.3 is 6.09 Å². The Morgan fingerprint density at radius 1 is 0.792 bits per heavy atom. The van der Waals surface area contributed by atoms with E-state index in [0.29, 0.717) is 58.2 Å². The van der Waals surface area contributed by atoms with Crippen LogP contribution >= 0.6 is 24.8 Å². The number of rotatable bonds is 18. The molecule has 5 amide bonds. The molecule has 1 saturated heterocycles. The summed E-state index contributed by atoms with van der Waals surface area (Å²) in [6.07, 6.45) is 2.29. The van der Waals surface area contributed by atoms with Crippen molar-refractivity contribution in [2.45, 2.75) is 102 Å². The Labute approximate surface area is 326 Å². The van der Waals surface area contributed by atoms with E-state index in [2.05, 4.69) is 16.0 Å². The van der Waals surface area contributed by atoms with Crippen molar-refractivity contribution >= 4 is 54.5 Å². The predicted molar refractivity (Wildman–Crippen MR) is 211 cm³/mol. The van der Waals surface area contributed by atoms with Gasteiger partial charge in [0, 0.05) is 32.1 Å². The second-order valence-electron chi connectivity index (χ2n) is 14.2. The molecule has 1 heterocycles. The van der Waals surface area contributed by atoms with E-state index < -0.39 is 53.5 Å². The average molecular weight is 781 g/mol. The number of nitrogens with zero attached hydrogens (tertiary/aromatic N) is 2. The molecule has 3 rings (SSSR count). The Kier molecular flexibility index (Phi) is 20.4. The van der Waals surface area contributed by atoms with Gasteiger partial charge in [-0.2, -0.15) is 0 Å². The summed E-state index contributed by atoms with van der Waals surface area (Å²) in [5.74, 6) is -1.76. The van der Waals surface area contributed by atoms with E-state index in [-0.39, 0.29) is 49.5 Å². The summed E-state index contributed by atoms with van der Waals surface area (Å²) in [6, 6.07) is 14.9. The maximum absolute atomic E-state index is 13.9. The number of unbranched alkanes of at least 4 members (excludes halogenated alkanes) is 1. The van der Waals surface area contributed by atoms with Crippen molar-refractivity contribution in [1.82, 2.24) is 25.8 Å². The number of nitrogens with one attached hydrogen (secondary N) is 3. The van der Waals surface area contributed by atoms with Crippen molar-refractivity contribution in [3.8, 4) is 0 Å². The van der Waals surface area contributed by atoms with E-state index in [1.165, 1.54) is 11.9 Å².